The van der Waals surface area contributed by atoms with Crippen LogP contribution in [0.25, 0.3) is 21.8 Å². The van der Waals surface area contributed by atoms with Gasteiger partial charge in [0.2, 0.25) is 0 Å². The van der Waals surface area contributed by atoms with Gasteiger partial charge in [-0.15, -0.1) is 0 Å². The number of esters is 2. The summed E-state index contributed by atoms with van der Waals surface area (Å²) in [6, 6.07) is 21.8. The second-order valence-corrected chi connectivity index (χ2v) is 16.4. The molecule has 0 aliphatic carbocycles. The summed E-state index contributed by atoms with van der Waals surface area (Å²) < 4.78 is 102. The minimum absolute atomic E-state index is 0.302. The third-order valence-electron chi connectivity index (χ3n) is 11.0. The van der Waals surface area contributed by atoms with Crippen molar-refractivity contribution in [1.29, 1.82) is 0 Å². The molecule has 3 heterocycles. The molecular weight excluding hydrogens is 881 g/mol. The molecule has 0 spiro atoms. The van der Waals surface area contributed by atoms with Gasteiger partial charge in [0, 0.05) is 52.6 Å². The minimum atomic E-state index is -4.35. The molecule has 0 atom stereocenters. The maximum absolute atomic E-state index is 12.7. The van der Waals surface area contributed by atoms with Crippen LogP contribution < -0.4 is 0 Å². The van der Waals surface area contributed by atoms with E-state index in [9.17, 15) is 35.9 Å². The molecule has 0 bridgehead atoms. The minimum Gasteiger partial charge on any atom is -0.465 e. The number of methoxy groups -OCH3 is 2. The van der Waals surface area contributed by atoms with E-state index in [2.05, 4.69) is 15.9 Å². The molecule has 330 valence electrons. The van der Waals surface area contributed by atoms with Crippen molar-refractivity contribution in [2.24, 2.45) is 0 Å². The molecule has 16 heteroatoms. The predicted molar refractivity (Wildman–Crippen MR) is 231 cm³/mol. The molecule has 1 aliphatic heterocycles. The Balaban J connectivity index is 0.000000181. The molecule has 1 fully saturated rings. The van der Waals surface area contributed by atoms with Crippen molar-refractivity contribution in [2.75, 3.05) is 14.2 Å². The smallest absolute Gasteiger partial charge is 0.462 e. The Kier molecular flexibility index (Phi) is 14.8. The summed E-state index contributed by atoms with van der Waals surface area (Å²) in [5.74, 6) is -0.730. The van der Waals surface area contributed by atoms with Gasteiger partial charge in [0.15, 0.2) is 0 Å². The largest absolute Gasteiger partial charge is 0.465 e. The van der Waals surface area contributed by atoms with Gasteiger partial charge in [0.05, 0.1) is 53.2 Å². The van der Waals surface area contributed by atoms with Crippen LogP contribution in [0.1, 0.15) is 90.1 Å². The Bertz CT molecular complexity index is 2490. The van der Waals surface area contributed by atoms with Gasteiger partial charge >= 0.3 is 31.4 Å². The number of halogens is 7. The summed E-state index contributed by atoms with van der Waals surface area (Å²) >= 11 is 3.47. The number of carbonyl (C=O) groups is 2. The van der Waals surface area contributed by atoms with E-state index >= 15 is 0 Å². The lowest BCUT2D eigenvalue weighted by molar-refractivity contribution is -0.138. The first kappa shape index (κ1) is 48.0. The van der Waals surface area contributed by atoms with E-state index in [0.717, 1.165) is 73.8 Å². The van der Waals surface area contributed by atoms with E-state index in [4.69, 9.17) is 18.8 Å². The number of hydrogen-bond donors (Lipinski definition) is 0. The number of ether oxygens (including phenoxy) is 2. The summed E-state index contributed by atoms with van der Waals surface area (Å²) in [5.41, 5.74) is 3.21. The third kappa shape index (κ3) is 10.8. The van der Waals surface area contributed by atoms with E-state index in [0.29, 0.717) is 30.4 Å². The third-order valence-corrected chi connectivity index (χ3v) is 11.7. The average Bonchev–Trinajstić information content (AvgIpc) is 3.86. The summed E-state index contributed by atoms with van der Waals surface area (Å²) in [7, 11) is 2.29. The molecule has 0 saturated carbocycles. The standard InChI is InChI=1S/C20H18F3NO2.C14H18BF3O2.C12H12BrNO2/c1-3-24-12-16(19(25)26-2)18-14(5-4-6-17(18)24)11-13-7-9-15(10-8-13)20(21,22)23;1-12(2)13(3,4)20-15(19-12)9-10-5-7-11(8-6-10)14(16,17)18;1-3-14-7-8(12(15)16-2)11-9(13)5-4-6-10(11)14/h4-10,12H,3,11H2,1-2H3;5-8H,9H2,1-4H3;4-7H,3H2,1-2H3. The van der Waals surface area contributed by atoms with Crippen LogP contribution in [-0.4, -0.2) is 53.6 Å². The van der Waals surface area contributed by atoms with Crippen LogP contribution in [0.5, 0.6) is 0 Å². The molecule has 1 saturated heterocycles. The zero-order chi connectivity index (χ0) is 45.8. The van der Waals surface area contributed by atoms with Crippen molar-refractivity contribution in [3.8, 4) is 0 Å². The molecule has 8 nitrogen and oxygen atoms in total. The summed E-state index contributed by atoms with van der Waals surface area (Å²) in [6.07, 6.45) is -4.20. The SMILES string of the molecule is CC1(C)OB(Cc2ccc(C(F)(F)F)cc2)OC1(C)C.CCn1cc(C(=O)OC)c2c(Br)cccc21.CCn1cc(C(=O)OC)c2c(Cc3ccc(C(F)(F)F)cc3)cccc21. The number of hydrogen-bond acceptors (Lipinski definition) is 6. The highest BCUT2D eigenvalue weighted by Gasteiger charge is 2.50. The lowest BCUT2D eigenvalue weighted by Gasteiger charge is -2.32. The fourth-order valence-electron chi connectivity index (χ4n) is 7.04. The Hall–Kier alpha value is -5.06. The van der Waals surface area contributed by atoms with Crippen LogP contribution in [0.3, 0.4) is 0 Å². The number of carbonyl (C=O) groups excluding carboxylic acids is 2. The second kappa shape index (κ2) is 19.1. The van der Waals surface area contributed by atoms with Crippen LogP contribution >= 0.6 is 15.9 Å². The van der Waals surface area contributed by atoms with Crippen molar-refractivity contribution in [2.45, 2.75) is 90.9 Å². The zero-order valence-corrected chi connectivity index (χ0v) is 37.2. The van der Waals surface area contributed by atoms with Crippen LogP contribution in [0.2, 0.25) is 0 Å². The fourth-order valence-corrected chi connectivity index (χ4v) is 7.61. The lowest BCUT2D eigenvalue weighted by Crippen LogP contribution is -2.41. The van der Waals surface area contributed by atoms with Gasteiger partial charge in [-0.25, -0.2) is 9.59 Å². The summed E-state index contributed by atoms with van der Waals surface area (Å²) in [5, 5.41) is 1.69. The van der Waals surface area contributed by atoms with Crippen LogP contribution in [0.4, 0.5) is 26.3 Å². The quantitative estimate of drug-likeness (QED) is 0.0859. The molecule has 0 radical (unpaired) electrons. The van der Waals surface area contributed by atoms with Crippen molar-refractivity contribution in [3.63, 3.8) is 0 Å². The van der Waals surface area contributed by atoms with Crippen molar-refractivity contribution in [3.05, 3.63) is 141 Å². The van der Waals surface area contributed by atoms with E-state index < -0.39 is 47.8 Å². The summed E-state index contributed by atoms with van der Waals surface area (Å²) in [4.78, 5) is 23.8. The first-order chi connectivity index (χ1) is 29.0. The molecule has 2 aromatic heterocycles. The summed E-state index contributed by atoms with van der Waals surface area (Å²) in [6.45, 7) is 13.3. The monoisotopic (exact) mass is 928 g/mol. The Morgan fingerprint density at radius 3 is 1.50 bits per heavy atom. The van der Waals surface area contributed by atoms with E-state index in [1.807, 2.05) is 93.3 Å². The lowest BCUT2D eigenvalue weighted by atomic mass is 9.80. The molecule has 0 amide bonds. The highest BCUT2D eigenvalue weighted by molar-refractivity contribution is 9.10. The van der Waals surface area contributed by atoms with Crippen molar-refractivity contribution < 1.29 is 54.7 Å². The van der Waals surface area contributed by atoms with Crippen LogP contribution in [0, 0.1) is 0 Å². The van der Waals surface area contributed by atoms with Gasteiger partial charge in [-0.2, -0.15) is 26.3 Å². The topological polar surface area (TPSA) is 80.9 Å². The van der Waals surface area contributed by atoms with Gasteiger partial charge in [0.25, 0.3) is 0 Å². The molecule has 6 aromatic rings. The first-order valence-corrected chi connectivity index (χ1v) is 20.6. The van der Waals surface area contributed by atoms with Gasteiger partial charge in [-0.05, 0) is 107 Å². The number of benzene rings is 4. The maximum Gasteiger partial charge on any atom is 0.462 e. The van der Waals surface area contributed by atoms with Gasteiger partial charge in [-0.1, -0.05) is 58.4 Å². The Morgan fingerprint density at radius 1 is 0.645 bits per heavy atom. The van der Waals surface area contributed by atoms with Crippen LogP contribution in [0.15, 0.2) is 102 Å². The number of aromatic nitrogens is 2. The Labute approximate surface area is 365 Å². The predicted octanol–water partition coefficient (Wildman–Crippen LogP) is 12.1. The number of aryl methyl sites for hydroxylation is 2. The van der Waals surface area contributed by atoms with Gasteiger partial charge in [-0.3, -0.25) is 0 Å². The number of nitrogens with zero attached hydrogens (tertiary/aromatic N) is 2. The number of rotatable bonds is 8. The number of alkyl halides is 6. The molecule has 7 rings (SSSR count). The fraction of sp³-hybridized carbons (Fsp3) is 0.348. The highest BCUT2D eigenvalue weighted by Crippen LogP contribution is 2.38. The van der Waals surface area contributed by atoms with E-state index in [-0.39, 0.29) is 5.97 Å². The Morgan fingerprint density at radius 2 is 1.06 bits per heavy atom. The molecule has 0 unspecified atom stereocenters. The van der Waals surface area contributed by atoms with Crippen LogP contribution in [-0.2, 0) is 57.0 Å². The molecule has 62 heavy (non-hydrogen) atoms. The molecule has 4 aromatic carbocycles. The molecular formula is C46H48BBrF6N2O6. The first-order valence-electron chi connectivity index (χ1n) is 19.8. The number of fused-ring (bicyclic) bond motifs is 2. The second-order valence-electron chi connectivity index (χ2n) is 15.5. The maximum atomic E-state index is 12.7. The normalized spacial score (nSPS) is 14.5. The molecule has 0 N–H and O–H groups in total. The van der Waals surface area contributed by atoms with Crippen molar-refractivity contribution in [1.82, 2.24) is 9.13 Å². The zero-order valence-electron chi connectivity index (χ0n) is 35.6. The molecule has 1 aliphatic rings. The van der Waals surface area contributed by atoms with E-state index in [1.165, 1.54) is 38.5 Å². The van der Waals surface area contributed by atoms with Gasteiger partial charge < -0.3 is 27.9 Å². The van der Waals surface area contributed by atoms with E-state index in [1.54, 1.807) is 6.20 Å². The highest BCUT2D eigenvalue weighted by atomic mass is 79.9. The average molecular weight is 930 g/mol. The van der Waals surface area contributed by atoms with Gasteiger partial charge in [0.1, 0.15) is 0 Å². The van der Waals surface area contributed by atoms with Crippen molar-refractivity contribution >= 4 is 56.8 Å².